The fourth-order valence-corrected chi connectivity index (χ4v) is 3.09. The molecule has 0 aromatic heterocycles. The van der Waals surface area contributed by atoms with E-state index in [1.54, 1.807) is 11.0 Å². The van der Waals surface area contributed by atoms with E-state index in [1.807, 2.05) is 18.2 Å². The second kappa shape index (κ2) is 6.37. The van der Waals surface area contributed by atoms with Crippen molar-refractivity contribution in [2.24, 2.45) is 0 Å². The summed E-state index contributed by atoms with van der Waals surface area (Å²) < 4.78 is 5.39. The van der Waals surface area contributed by atoms with E-state index in [0.717, 1.165) is 5.56 Å². The lowest BCUT2D eigenvalue weighted by Gasteiger charge is -2.36. The molecule has 2 N–H and O–H groups in total. The molecule has 0 spiro atoms. The van der Waals surface area contributed by atoms with Crippen molar-refractivity contribution in [3.05, 3.63) is 29.8 Å². The van der Waals surface area contributed by atoms with Gasteiger partial charge in [0.25, 0.3) is 0 Å². The fraction of sp³-hybridized carbons (Fsp3) is 0.438. The minimum absolute atomic E-state index is 0.108. The van der Waals surface area contributed by atoms with Gasteiger partial charge in [-0.3, -0.25) is 14.4 Å². The molecule has 122 valence electrons. The molecule has 2 heterocycles. The highest BCUT2D eigenvalue weighted by Gasteiger charge is 2.35. The molecule has 3 rings (SSSR count). The molecule has 1 aromatic carbocycles. The Balaban J connectivity index is 1.77. The Hall–Kier alpha value is -2.41. The first-order valence-electron chi connectivity index (χ1n) is 7.55. The molecule has 23 heavy (non-hydrogen) atoms. The van der Waals surface area contributed by atoms with Crippen molar-refractivity contribution in [2.45, 2.75) is 24.9 Å². The molecule has 1 saturated heterocycles. The zero-order valence-corrected chi connectivity index (χ0v) is 12.5. The lowest BCUT2D eigenvalue weighted by Crippen LogP contribution is -2.48. The normalized spacial score (nSPS) is 23.8. The zero-order chi connectivity index (χ0) is 16.4. The van der Waals surface area contributed by atoms with Gasteiger partial charge in [0.2, 0.25) is 11.8 Å². The largest absolute Gasteiger partial charge is 0.481 e. The molecule has 0 aliphatic carbocycles. The lowest BCUT2D eigenvalue weighted by molar-refractivity contribution is -0.148. The van der Waals surface area contributed by atoms with Gasteiger partial charge in [0.15, 0.2) is 0 Å². The van der Waals surface area contributed by atoms with E-state index in [-0.39, 0.29) is 31.2 Å². The molecule has 0 bridgehead atoms. The number of para-hydroxylation sites is 1. The van der Waals surface area contributed by atoms with E-state index in [4.69, 9.17) is 9.84 Å². The van der Waals surface area contributed by atoms with Crippen LogP contribution in [0, 0.1) is 0 Å². The average molecular weight is 318 g/mol. The minimum atomic E-state index is -0.952. The number of hydrogen-bond donors (Lipinski definition) is 2. The first-order chi connectivity index (χ1) is 11.0. The Morgan fingerprint density at radius 1 is 1.35 bits per heavy atom. The van der Waals surface area contributed by atoms with Gasteiger partial charge in [-0.05, 0) is 11.6 Å². The van der Waals surface area contributed by atoms with Crippen LogP contribution in [0.2, 0.25) is 0 Å². The van der Waals surface area contributed by atoms with E-state index in [1.165, 1.54) is 0 Å². The Kier molecular flexibility index (Phi) is 4.29. The van der Waals surface area contributed by atoms with E-state index in [0.29, 0.717) is 18.8 Å². The number of aliphatic carboxylic acids is 1. The highest BCUT2D eigenvalue weighted by atomic mass is 16.5. The molecule has 7 nitrogen and oxygen atoms in total. The minimum Gasteiger partial charge on any atom is -0.481 e. The van der Waals surface area contributed by atoms with Gasteiger partial charge in [-0.1, -0.05) is 18.2 Å². The summed E-state index contributed by atoms with van der Waals surface area (Å²) in [5.41, 5.74) is 1.47. The number of fused-ring (bicyclic) bond motifs is 1. The number of amides is 2. The molecule has 1 fully saturated rings. The van der Waals surface area contributed by atoms with Crippen molar-refractivity contribution >= 4 is 23.5 Å². The Morgan fingerprint density at radius 3 is 2.91 bits per heavy atom. The summed E-state index contributed by atoms with van der Waals surface area (Å²) in [6.07, 6.45) is -0.527. The summed E-state index contributed by atoms with van der Waals surface area (Å²) in [5, 5.41) is 11.6. The Bertz CT molecular complexity index is 645. The highest BCUT2D eigenvalue weighted by molar-refractivity contribution is 6.01. The van der Waals surface area contributed by atoms with Crippen LogP contribution in [0.25, 0.3) is 0 Å². The number of carboxylic acids is 1. The molecule has 2 amide bonds. The van der Waals surface area contributed by atoms with Crippen molar-refractivity contribution in [2.75, 3.05) is 25.0 Å². The van der Waals surface area contributed by atoms with Gasteiger partial charge in [0.1, 0.15) is 0 Å². The maximum atomic E-state index is 12.8. The van der Waals surface area contributed by atoms with E-state index >= 15 is 0 Å². The van der Waals surface area contributed by atoms with Crippen LogP contribution in [0.1, 0.15) is 24.3 Å². The standard InChI is InChI=1S/C16H18N2O5/c19-14-8-12(11-3-1-2-4-13(11)17-14)16(22)18-5-6-23-10(9-18)7-15(20)21/h1-4,10,12H,5-9H2,(H,17,19)(H,20,21). The number of ether oxygens (including phenoxy) is 1. The van der Waals surface area contributed by atoms with Crippen molar-refractivity contribution in [1.82, 2.24) is 4.90 Å². The molecule has 0 radical (unpaired) electrons. The van der Waals surface area contributed by atoms with Gasteiger partial charge in [0, 0.05) is 25.2 Å². The molecule has 0 saturated carbocycles. The van der Waals surface area contributed by atoms with E-state index < -0.39 is 18.0 Å². The fourth-order valence-electron chi connectivity index (χ4n) is 3.09. The molecule has 2 atom stereocenters. The zero-order valence-electron chi connectivity index (χ0n) is 12.5. The summed E-state index contributed by atoms with van der Waals surface area (Å²) in [6, 6.07) is 7.26. The maximum absolute atomic E-state index is 12.8. The average Bonchev–Trinajstić information content (AvgIpc) is 2.53. The number of rotatable bonds is 3. The second-order valence-electron chi connectivity index (χ2n) is 5.77. The predicted molar refractivity (Wildman–Crippen MR) is 81.0 cm³/mol. The number of carboxylic acid groups (broad SMARTS) is 1. The van der Waals surface area contributed by atoms with Crippen LogP contribution in [-0.4, -0.2) is 53.6 Å². The Morgan fingerprint density at radius 2 is 2.13 bits per heavy atom. The van der Waals surface area contributed by atoms with Crippen LogP contribution in [0.4, 0.5) is 5.69 Å². The lowest BCUT2D eigenvalue weighted by atomic mass is 9.89. The van der Waals surface area contributed by atoms with Gasteiger partial charge in [-0.2, -0.15) is 0 Å². The SMILES string of the molecule is O=C(O)CC1CN(C(=O)C2CC(=O)Nc3ccccc32)CCO1. The van der Waals surface area contributed by atoms with Crippen molar-refractivity contribution in [1.29, 1.82) is 0 Å². The molecular formula is C16H18N2O5. The monoisotopic (exact) mass is 318 g/mol. The van der Waals surface area contributed by atoms with Crippen molar-refractivity contribution < 1.29 is 24.2 Å². The summed E-state index contributed by atoms with van der Waals surface area (Å²) >= 11 is 0. The van der Waals surface area contributed by atoms with Crippen LogP contribution < -0.4 is 5.32 Å². The van der Waals surface area contributed by atoms with E-state index in [9.17, 15) is 14.4 Å². The number of nitrogens with zero attached hydrogens (tertiary/aromatic N) is 1. The van der Waals surface area contributed by atoms with Crippen LogP contribution in [0.15, 0.2) is 24.3 Å². The predicted octanol–water partition coefficient (Wildman–Crippen LogP) is 0.814. The Labute approximate surface area is 133 Å². The molecule has 1 aromatic rings. The first-order valence-corrected chi connectivity index (χ1v) is 7.55. The summed E-state index contributed by atoms with van der Waals surface area (Å²) in [5.74, 6) is -1.81. The van der Waals surface area contributed by atoms with Crippen LogP contribution in [-0.2, 0) is 19.1 Å². The number of morpholine rings is 1. The van der Waals surface area contributed by atoms with Crippen LogP contribution in [0.5, 0.6) is 0 Å². The van der Waals surface area contributed by atoms with E-state index in [2.05, 4.69) is 5.32 Å². The number of anilines is 1. The quantitative estimate of drug-likeness (QED) is 0.860. The molecular weight excluding hydrogens is 300 g/mol. The first kappa shape index (κ1) is 15.5. The third-order valence-electron chi connectivity index (χ3n) is 4.15. The number of nitrogens with one attached hydrogen (secondary N) is 1. The third kappa shape index (κ3) is 3.34. The number of carbonyl (C=O) groups is 3. The van der Waals surface area contributed by atoms with Gasteiger partial charge in [-0.15, -0.1) is 0 Å². The molecule has 7 heteroatoms. The van der Waals surface area contributed by atoms with Crippen molar-refractivity contribution in [3.8, 4) is 0 Å². The summed E-state index contributed by atoms with van der Waals surface area (Å²) in [6.45, 7) is 0.963. The number of benzene rings is 1. The van der Waals surface area contributed by atoms with Crippen molar-refractivity contribution in [3.63, 3.8) is 0 Å². The van der Waals surface area contributed by atoms with Crippen LogP contribution in [0.3, 0.4) is 0 Å². The second-order valence-corrected chi connectivity index (χ2v) is 5.77. The van der Waals surface area contributed by atoms with Gasteiger partial charge >= 0.3 is 5.97 Å². The smallest absolute Gasteiger partial charge is 0.306 e. The topological polar surface area (TPSA) is 95.9 Å². The number of hydrogen-bond acceptors (Lipinski definition) is 4. The molecule has 2 aliphatic heterocycles. The highest BCUT2D eigenvalue weighted by Crippen LogP contribution is 2.33. The van der Waals surface area contributed by atoms with Gasteiger partial charge < -0.3 is 20.1 Å². The van der Waals surface area contributed by atoms with Gasteiger partial charge in [-0.25, -0.2) is 0 Å². The maximum Gasteiger partial charge on any atom is 0.306 e. The molecule has 2 aliphatic rings. The summed E-state index contributed by atoms with van der Waals surface area (Å²) in [7, 11) is 0. The third-order valence-corrected chi connectivity index (χ3v) is 4.15. The van der Waals surface area contributed by atoms with Gasteiger partial charge in [0.05, 0.1) is 25.0 Å². The summed E-state index contributed by atoms with van der Waals surface area (Å²) in [4.78, 5) is 37.1. The van der Waals surface area contributed by atoms with Crippen LogP contribution >= 0.6 is 0 Å². The number of carbonyl (C=O) groups excluding carboxylic acids is 2. The molecule has 2 unspecified atom stereocenters.